The van der Waals surface area contributed by atoms with Crippen molar-refractivity contribution in [1.82, 2.24) is 9.97 Å². The molecule has 0 radical (unpaired) electrons. The van der Waals surface area contributed by atoms with Gasteiger partial charge in [0.25, 0.3) is 5.56 Å². The van der Waals surface area contributed by atoms with E-state index in [1.54, 1.807) is 24.3 Å². The van der Waals surface area contributed by atoms with E-state index in [4.69, 9.17) is 46.4 Å². The Balaban J connectivity index is 1.66. The summed E-state index contributed by atoms with van der Waals surface area (Å²) in [5.41, 5.74) is 0.160. The molecule has 0 saturated carbocycles. The number of carbonyl (C=O) groups excluding carboxylic acids is 2. The van der Waals surface area contributed by atoms with Gasteiger partial charge in [-0.1, -0.05) is 46.4 Å². The lowest BCUT2D eigenvalue weighted by Crippen LogP contribution is -2.36. The molecule has 4 N–H and O–H groups in total. The van der Waals surface area contributed by atoms with Gasteiger partial charge in [0.15, 0.2) is 0 Å². The van der Waals surface area contributed by atoms with Gasteiger partial charge >= 0.3 is 0 Å². The van der Waals surface area contributed by atoms with E-state index in [0.29, 0.717) is 20.8 Å². The zero-order valence-corrected chi connectivity index (χ0v) is 19.0. The molecule has 2 aromatic carbocycles. The second-order valence-corrected chi connectivity index (χ2v) is 8.59. The average molecular weight is 513 g/mol. The molecule has 0 bridgehead atoms. The zero-order valence-electron chi connectivity index (χ0n) is 15.9. The molecule has 0 aliphatic carbocycles. The standard InChI is InChI=1S/C20H13Cl4N5O3/c21-8-1-2-13(24)14(6-8)26-18(31)12-7-15(30)27-17-16(12)19(32)29-20(28-17)25-11-4-9(22)3-10(23)5-11/h1-6,12H,7H2,(H,26,31)(H3,25,27,28,29,30,32)/t12-/m1/s1. The summed E-state index contributed by atoms with van der Waals surface area (Å²) in [6.07, 6.45) is -0.238. The molecule has 8 nitrogen and oxygen atoms in total. The van der Waals surface area contributed by atoms with Crippen LogP contribution in [0.5, 0.6) is 0 Å². The molecule has 32 heavy (non-hydrogen) atoms. The van der Waals surface area contributed by atoms with Crippen LogP contribution < -0.4 is 21.5 Å². The molecule has 2 heterocycles. The predicted octanol–water partition coefficient (Wildman–Crippen LogP) is 5.19. The largest absolute Gasteiger partial charge is 0.326 e. The van der Waals surface area contributed by atoms with Gasteiger partial charge in [-0.15, -0.1) is 0 Å². The van der Waals surface area contributed by atoms with Gasteiger partial charge in [-0.05, 0) is 36.4 Å². The molecule has 0 spiro atoms. The number of benzene rings is 2. The molecule has 4 rings (SSSR count). The number of anilines is 4. The Morgan fingerprint density at radius 1 is 1.00 bits per heavy atom. The highest BCUT2D eigenvalue weighted by Gasteiger charge is 2.35. The Morgan fingerprint density at radius 2 is 1.72 bits per heavy atom. The van der Waals surface area contributed by atoms with Gasteiger partial charge in [0.2, 0.25) is 17.8 Å². The van der Waals surface area contributed by atoms with E-state index in [2.05, 4.69) is 25.9 Å². The number of H-pyrrole nitrogens is 1. The minimum atomic E-state index is -1.08. The lowest BCUT2D eigenvalue weighted by molar-refractivity contribution is -0.123. The van der Waals surface area contributed by atoms with E-state index in [0.717, 1.165) is 0 Å². The quantitative estimate of drug-likeness (QED) is 0.383. The molecule has 1 aliphatic rings. The Hall–Kier alpha value is -2.78. The number of rotatable bonds is 4. The first kappa shape index (κ1) is 22.4. The summed E-state index contributed by atoms with van der Waals surface area (Å²) < 4.78 is 0. The maximum atomic E-state index is 12.9. The lowest BCUT2D eigenvalue weighted by atomic mass is 9.92. The first-order valence-electron chi connectivity index (χ1n) is 9.12. The molecule has 0 unspecified atom stereocenters. The van der Waals surface area contributed by atoms with Crippen LogP contribution in [0.3, 0.4) is 0 Å². The monoisotopic (exact) mass is 511 g/mol. The fourth-order valence-electron chi connectivity index (χ4n) is 3.23. The van der Waals surface area contributed by atoms with E-state index < -0.39 is 23.3 Å². The number of amides is 2. The van der Waals surface area contributed by atoms with Crippen LogP contribution in [0.4, 0.5) is 23.1 Å². The van der Waals surface area contributed by atoms with Gasteiger partial charge in [-0.25, -0.2) is 0 Å². The summed E-state index contributed by atoms with van der Waals surface area (Å²) in [6, 6.07) is 9.27. The maximum Gasteiger partial charge on any atom is 0.258 e. The van der Waals surface area contributed by atoms with E-state index in [1.807, 2.05) is 0 Å². The molecular formula is C20H13Cl4N5O3. The number of hydrogen-bond donors (Lipinski definition) is 4. The SMILES string of the molecule is O=C1C[C@@H](C(=O)Nc2cc(Cl)ccc2Cl)c2c(nc(Nc3cc(Cl)cc(Cl)c3)[nH]c2=O)N1. The third-order valence-corrected chi connectivity index (χ3v) is 5.58. The molecule has 1 atom stereocenters. The molecule has 0 saturated heterocycles. The van der Waals surface area contributed by atoms with E-state index in [9.17, 15) is 14.4 Å². The van der Waals surface area contributed by atoms with Crippen molar-refractivity contribution in [3.05, 3.63) is 72.4 Å². The van der Waals surface area contributed by atoms with E-state index in [1.165, 1.54) is 12.1 Å². The second-order valence-electron chi connectivity index (χ2n) is 6.88. The molecule has 2 amide bonds. The Bertz CT molecular complexity index is 1290. The number of hydrogen-bond acceptors (Lipinski definition) is 5. The molecule has 3 aromatic rings. The Kier molecular flexibility index (Phi) is 6.30. The summed E-state index contributed by atoms with van der Waals surface area (Å²) in [7, 11) is 0. The molecule has 1 aliphatic heterocycles. The van der Waals surface area contributed by atoms with Crippen molar-refractivity contribution >= 4 is 81.4 Å². The van der Waals surface area contributed by atoms with Crippen LogP contribution in [0.2, 0.25) is 20.1 Å². The lowest BCUT2D eigenvalue weighted by Gasteiger charge is -2.24. The number of nitrogens with zero attached hydrogens (tertiary/aromatic N) is 1. The maximum absolute atomic E-state index is 12.9. The smallest absolute Gasteiger partial charge is 0.258 e. The van der Waals surface area contributed by atoms with Crippen molar-refractivity contribution in [3.63, 3.8) is 0 Å². The van der Waals surface area contributed by atoms with Gasteiger partial charge < -0.3 is 16.0 Å². The number of nitrogens with one attached hydrogen (secondary N) is 4. The zero-order chi connectivity index (χ0) is 23.0. The molecule has 164 valence electrons. The summed E-state index contributed by atoms with van der Waals surface area (Å²) in [4.78, 5) is 44.8. The van der Waals surface area contributed by atoms with Crippen LogP contribution >= 0.6 is 46.4 Å². The van der Waals surface area contributed by atoms with Gasteiger partial charge in [0, 0.05) is 27.2 Å². The minimum absolute atomic E-state index is 0.0231. The van der Waals surface area contributed by atoms with Gasteiger partial charge in [-0.3, -0.25) is 19.4 Å². The van der Waals surface area contributed by atoms with Crippen molar-refractivity contribution in [2.24, 2.45) is 0 Å². The number of aromatic nitrogens is 2. The molecular weight excluding hydrogens is 500 g/mol. The van der Waals surface area contributed by atoms with Crippen LogP contribution in [-0.4, -0.2) is 21.8 Å². The number of fused-ring (bicyclic) bond motifs is 1. The highest BCUT2D eigenvalue weighted by molar-refractivity contribution is 6.36. The van der Waals surface area contributed by atoms with E-state index >= 15 is 0 Å². The topological polar surface area (TPSA) is 116 Å². The third kappa shape index (κ3) is 4.83. The molecule has 0 fully saturated rings. The van der Waals surface area contributed by atoms with Crippen LogP contribution in [0.25, 0.3) is 0 Å². The fourth-order valence-corrected chi connectivity index (χ4v) is 4.09. The molecule has 12 heteroatoms. The second kappa shape index (κ2) is 8.99. The van der Waals surface area contributed by atoms with E-state index in [-0.39, 0.29) is 34.5 Å². The number of halogens is 4. The van der Waals surface area contributed by atoms with Crippen LogP contribution in [0.15, 0.2) is 41.2 Å². The van der Waals surface area contributed by atoms with Crippen molar-refractivity contribution in [2.45, 2.75) is 12.3 Å². The summed E-state index contributed by atoms with van der Waals surface area (Å²) in [6.45, 7) is 0. The number of carbonyl (C=O) groups is 2. The first-order chi connectivity index (χ1) is 15.2. The van der Waals surface area contributed by atoms with Crippen molar-refractivity contribution in [3.8, 4) is 0 Å². The summed E-state index contributed by atoms with van der Waals surface area (Å²) in [5, 5.41) is 9.40. The first-order valence-corrected chi connectivity index (χ1v) is 10.6. The van der Waals surface area contributed by atoms with Gasteiger partial charge in [0.05, 0.1) is 22.2 Å². The van der Waals surface area contributed by atoms with Crippen molar-refractivity contribution in [2.75, 3.05) is 16.0 Å². The van der Waals surface area contributed by atoms with Crippen molar-refractivity contribution in [1.29, 1.82) is 0 Å². The average Bonchev–Trinajstić information content (AvgIpc) is 2.69. The van der Waals surface area contributed by atoms with Gasteiger partial charge in [0.1, 0.15) is 5.82 Å². The summed E-state index contributed by atoms with van der Waals surface area (Å²) >= 11 is 24.0. The highest BCUT2D eigenvalue weighted by atomic mass is 35.5. The Labute approximate surface area is 201 Å². The fraction of sp³-hybridized carbons (Fsp3) is 0.100. The minimum Gasteiger partial charge on any atom is -0.326 e. The Morgan fingerprint density at radius 3 is 2.44 bits per heavy atom. The van der Waals surface area contributed by atoms with Crippen LogP contribution in [0.1, 0.15) is 17.9 Å². The van der Waals surface area contributed by atoms with Crippen molar-refractivity contribution < 1.29 is 9.59 Å². The highest BCUT2D eigenvalue weighted by Crippen LogP contribution is 2.32. The summed E-state index contributed by atoms with van der Waals surface area (Å²) in [5.74, 6) is -2.14. The van der Waals surface area contributed by atoms with Crippen LogP contribution in [-0.2, 0) is 9.59 Å². The number of aromatic amines is 1. The predicted molar refractivity (Wildman–Crippen MR) is 126 cm³/mol. The normalized spacial score (nSPS) is 15.0. The van der Waals surface area contributed by atoms with Crippen LogP contribution in [0, 0.1) is 0 Å². The third-order valence-electron chi connectivity index (χ3n) is 4.58. The molecule has 1 aromatic heterocycles. The van der Waals surface area contributed by atoms with Gasteiger partial charge in [-0.2, -0.15) is 4.98 Å².